The fourth-order valence-electron chi connectivity index (χ4n) is 2.17. The second kappa shape index (κ2) is 4.00. The zero-order valence-electron chi connectivity index (χ0n) is 9.28. The Kier molecular flexibility index (Phi) is 2.97. The molecule has 2 N–H and O–H groups in total. The lowest BCUT2D eigenvalue weighted by atomic mass is 10.0. The molecule has 4 heteroatoms. The first-order valence-corrected chi connectivity index (χ1v) is 6.11. The standard InChI is InChI=1S/C12H15F2NS/c1-12(2)9(10(12)15)7-3-5-8(6-4-7)16-11(13)14/h3-6,9-11H,15H2,1-2H3/t9-,10-/m1/s1. The summed E-state index contributed by atoms with van der Waals surface area (Å²) in [4.78, 5) is 0.603. The zero-order valence-corrected chi connectivity index (χ0v) is 10.1. The van der Waals surface area contributed by atoms with Crippen LogP contribution >= 0.6 is 11.8 Å². The molecule has 16 heavy (non-hydrogen) atoms. The molecule has 2 atom stereocenters. The first-order chi connectivity index (χ1) is 7.43. The van der Waals surface area contributed by atoms with Crippen LogP contribution in [0, 0.1) is 5.41 Å². The maximum atomic E-state index is 12.1. The average Bonchev–Trinajstić information content (AvgIpc) is 2.67. The molecule has 0 spiro atoms. The molecule has 0 saturated heterocycles. The summed E-state index contributed by atoms with van der Waals surface area (Å²) in [6.45, 7) is 4.26. The highest BCUT2D eigenvalue weighted by Crippen LogP contribution is 2.57. The SMILES string of the molecule is CC1(C)[C@H](N)[C@H]1c1ccc(SC(F)F)cc1. The van der Waals surface area contributed by atoms with E-state index < -0.39 is 5.76 Å². The van der Waals surface area contributed by atoms with E-state index in [0.717, 1.165) is 5.56 Å². The second-order valence-corrected chi connectivity index (χ2v) is 5.84. The van der Waals surface area contributed by atoms with Gasteiger partial charge in [-0.25, -0.2) is 0 Å². The Morgan fingerprint density at radius 1 is 1.25 bits per heavy atom. The minimum atomic E-state index is -2.36. The molecule has 1 aromatic carbocycles. The Morgan fingerprint density at radius 2 is 1.75 bits per heavy atom. The maximum Gasteiger partial charge on any atom is 0.288 e. The van der Waals surface area contributed by atoms with E-state index in [4.69, 9.17) is 5.73 Å². The molecule has 2 rings (SSSR count). The number of alkyl halides is 2. The van der Waals surface area contributed by atoms with Gasteiger partial charge in [-0.1, -0.05) is 37.7 Å². The molecule has 0 radical (unpaired) electrons. The number of benzene rings is 1. The molecule has 1 aromatic rings. The van der Waals surface area contributed by atoms with Crippen LogP contribution < -0.4 is 5.73 Å². The van der Waals surface area contributed by atoms with Crippen molar-refractivity contribution in [2.75, 3.05) is 0 Å². The molecule has 1 nitrogen and oxygen atoms in total. The van der Waals surface area contributed by atoms with Gasteiger partial charge in [-0.2, -0.15) is 8.78 Å². The summed E-state index contributed by atoms with van der Waals surface area (Å²) in [6.07, 6.45) is 0. The highest BCUT2D eigenvalue weighted by molar-refractivity contribution is 7.99. The van der Waals surface area contributed by atoms with Gasteiger partial charge in [0.1, 0.15) is 0 Å². The summed E-state index contributed by atoms with van der Waals surface area (Å²) in [7, 11) is 0. The lowest BCUT2D eigenvalue weighted by molar-refractivity contribution is 0.252. The van der Waals surface area contributed by atoms with E-state index in [1.54, 1.807) is 12.1 Å². The Labute approximate surface area is 98.4 Å². The van der Waals surface area contributed by atoms with Gasteiger partial charge in [-0.3, -0.25) is 0 Å². The minimum Gasteiger partial charge on any atom is -0.327 e. The molecule has 1 saturated carbocycles. The van der Waals surface area contributed by atoms with E-state index in [9.17, 15) is 8.78 Å². The molecular weight excluding hydrogens is 228 g/mol. The fourth-order valence-corrected chi connectivity index (χ4v) is 2.67. The smallest absolute Gasteiger partial charge is 0.288 e. The largest absolute Gasteiger partial charge is 0.327 e. The molecular formula is C12H15F2NS. The van der Waals surface area contributed by atoms with Crippen LogP contribution in [0.4, 0.5) is 8.78 Å². The minimum absolute atomic E-state index is 0.136. The van der Waals surface area contributed by atoms with E-state index >= 15 is 0 Å². The molecule has 0 bridgehead atoms. The van der Waals surface area contributed by atoms with Gasteiger partial charge in [-0.05, 0) is 23.1 Å². The monoisotopic (exact) mass is 243 g/mol. The van der Waals surface area contributed by atoms with E-state index in [1.807, 2.05) is 12.1 Å². The van der Waals surface area contributed by atoms with Crippen molar-refractivity contribution in [1.82, 2.24) is 0 Å². The van der Waals surface area contributed by atoms with Gasteiger partial charge in [0, 0.05) is 16.9 Å². The van der Waals surface area contributed by atoms with Crippen molar-refractivity contribution in [3.05, 3.63) is 29.8 Å². The Morgan fingerprint density at radius 3 is 2.12 bits per heavy atom. The third kappa shape index (κ3) is 2.09. The first kappa shape index (κ1) is 11.9. The third-order valence-electron chi connectivity index (χ3n) is 3.38. The van der Waals surface area contributed by atoms with Gasteiger partial charge in [0.05, 0.1) is 0 Å². The van der Waals surface area contributed by atoms with Crippen LogP contribution in [0.5, 0.6) is 0 Å². The van der Waals surface area contributed by atoms with Crippen molar-refractivity contribution in [3.8, 4) is 0 Å². The van der Waals surface area contributed by atoms with Crippen LogP contribution in [0.3, 0.4) is 0 Å². The van der Waals surface area contributed by atoms with Crippen LogP contribution in [0.2, 0.25) is 0 Å². The normalized spacial score (nSPS) is 27.1. The van der Waals surface area contributed by atoms with Crippen LogP contribution in [0.25, 0.3) is 0 Å². The van der Waals surface area contributed by atoms with Gasteiger partial charge in [0.25, 0.3) is 5.76 Å². The van der Waals surface area contributed by atoms with Crippen LogP contribution in [0.1, 0.15) is 25.3 Å². The summed E-state index contributed by atoms with van der Waals surface area (Å²) in [6, 6.07) is 7.48. The highest BCUT2D eigenvalue weighted by atomic mass is 32.2. The van der Waals surface area contributed by atoms with E-state index in [1.165, 1.54) is 0 Å². The first-order valence-electron chi connectivity index (χ1n) is 5.23. The molecule has 0 amide bonds. The molecule has 1 aliphatic carbocycles. The molecule has 0 unspecified atom stereocenters. The second-order valence-electron chi connectivity index (χ2n) is 4.77. The van der Waals surface area contributed by atoms with Gasteiger partial charge < -0.3 is 5.73 Å². The van der Waals surface area contributed by atoms with E-state index in [2.05, 4.69) is 13.8 Å². The van der Waals surface area contributed by atoms with Gasteiger partial charge in [0.15, 0.2) is 0 Å². The number of hydrogen-bond donors (Lipinski definition) is 1. The average molecular weight is 243 g/mol. The topological polar surface area (TPSA) is 26.0 Å². The molecule has 88 valence electrons. The fraction of sp³-hybridized carbons (Fsp3) is 0.500. The van der Waals surface area contributed by atoms with Gasteiger partial charge >= 0.3 is 0 Å². The maximum absolute atomic E-state index is 12.1. The molecule has 1 aliphatic rings. The predicted octanol–water partition coefficient (Wildman–Crippen LogP) is 3.45. The number of nitrogens with two attached hydrogens (primary N) is 1. The van der Waals surface area contributed by atoms with Crippen molar-refractivity contribution in [2.24, 2.45) is 11.1 Å². The van der Waals surface area contributed by atoms with Crippen LogP contribution in [-0.2, 0) is 0 Å². The Bertz CT molecular complexity index is 375. The highest BCUT2D eigenvalue weighted by Gasteiger charge is 2.55. The lowest BCUT2D eigenvalue weighted by Gasteiger charge is -2.04. The van der Waals surface area contributed by atoms with Crippen molar-refractivity contribution < 1.29 is 8.78 Å². The summed E-state index contributed by atoms with van der Waals surface area (Å²) >= 11 is 0.575. The van der Waals surface area contributed by atoms with Crippen molar-refractivity contribution in [1.29, 1.82) is 0 Å². The molecule has 0 aromatic heterocycles. The Hall–Kier alpha value is -0.610. The summed E-state index contributed by atoms with van der Waals surface area (Å²) in [5.41, 5.74) is 7.26. The summed E-state index contributed by atoms with van der Waals surface area (Å²) in [5.74, 6) is -2.00. The summed E-state index contributed by atoms with van der Waals surface area (Å²) < 4.78 is 24.2. The van der Waals surface area contributed by atoms with Crippen molar-refractivity contribution in [3.63, 3.8) is 0 Å². The number of thioether (sulfide) groups is 1. The van der Waals surface area contributed by atoms with Crippen LogP contribution in [0.15, 0.2) is 29.2 Å². The number of halogens is 2. The van der Waals surface area contributed by atoms with Crippen molar-refractivity contribution >= 4 is 11.8 Å². The molecule has 0 aliphatic heterocycles. The number of hydrogen-bond acceptors (Lipinski definition) is 2. The lowest BCUT2D eigenvalue weighted by Crippen LogP contribution is -2.06. The van der Waals surface area contributed by atoms with Gasteiger partial charge in [-0.15, -0.1) is 0 Å². The van der Waals surface area contributed by atoms with Gasteiger partial charge in [0.2, 0.25) is 0 Å². The third-order valence-corrected chi connectivity index (χ3v) is 4.10. The predicted molar refractivity (Wildman–Crippen MR) is 62.8 cm³/mol. The summed E-state index contributed by atoms with van der Waals surface area (Å²) in [5, 5.41) is 0. The van der Waals surface area contributed by atoms with Crippen molar-refractivity contribution in [2.45, 2.75) is 36.5 Å². The quantitative estimate of drug-likeness (QED) is 0.823. The number of rotatable bonds is 3. The zero-order chi connectivity index (χ0) is 11.9. The Balaban J connectivity index is 2.09. The van der Waals surface area contributed by atoms with Crippen LogP contribution in [-0.4, -0.2) is 11.8 Å². The molecule has 0 heterocycles. The molecule has 1 fully saturated rings. The van der Waals surface area contributed by atoms with E-state index in [0.29, 0.717) is 22.6 Å². The van der Waals surface area contributed by atoms with E-state index in [-0.39, 0.29) is 11.5 Å².